The van der Waals surface area contributed by atoms with Crippen molar-refractivity contribution in [2.45, 2.75) is 33.2 Å². The summed E-state index contributed by atoms with van der Waals surface area (Å²) in [4.78, 5) is 50.6. The molecule has 0 saturated carbocycles. The molecular weight excluding hydrogens is 680 g/mol. The maximum absolute atomic E-state index is 12.9. The van der Waals surface area contributed by atoms with Crippen molar-refractivity contribution in [3.05, 3.63) is 98.5 Å². The molecule has 2 N–H and O–H groups in total. The lowest BCUT2D eigenvalue weighted by atomic mass is 9.67. The zero-order valence-electron chi connectivity index (χ0n) is 22.6. The molecule has 12 heteroatoms. The lowest BCUT2D eigenvalue weighted by Crippen LogP contribution is -2.51. The Balaban J connectivity index is 0.00000147. The summed E-state index contributed by atoms with van der Waals surface area (Å²) in [5.41, 5.74) is 2.09. The van der Waals surface area contributed by atoms with E-state index in [1.165, 1.54) is 31.0 Å². The van der Waals surface area contributed by atoms with E-state index in [1.807, 2.05) is 0 Å². The third kappa shape index (κ3) is 7.69. The first-order valence-corrected chi connectivity index (χ1v) is 14.4. The minimum absolute atomic E-state index is 0.0855. The number of carbonyl (C=O) groups excluding carboxylic acids is 3. The highest BCUT2D eigenvalue weighted by Crippen LogP contribution is 2.45. The summed E-state index contributed by atoms with van der Waals surface area (Å²) in [6.45, 7) is 8.87. The number of pyridine rings is 1. The molecule has 1 aliphatic carbocycles. The molecule has 2 aromatic heterocycles. The van der Waals surface area contributed by atoms with Gasteiger partial charge < -0.3 is 15.4 Å². The topological polar surface area (TPSA) is 123 Å². The van der Waals surface area contributed by atoms with E-state index in [1.54, 1.807) is 49.1 Å². The van der Waals surface area contributed by atoms with E-state index < -0.39 is 23.3 Å². The largest absolute Gasteiger partial charge is 0.464 e. The van der Waals surface area contributed by atoms with Crippen molar-refractivity contribution in [2.75, 3.05) is 11.9 Å². The second-order valence-corrected chi connectivity index (χ2v) is 10.9. The molecule has 0 radical (unpaired) electrons. The van der Waals surface area contributed by atoms with Gasteiger partial charge in [0.1, 0.15) is 6.04 Å². The number of Topliss-reactive ketones (excluding diaryl/α,β-unsaturated/α-hetero) is 1. The third-order valence-corrected chi connectivity index (χ3v) is 6.68. The van der Waals surface area contributed by atoms with Crippen LogP contribution in [-0.2, 0) is 20.7 Å². The van der Waals surface area contributed by atoms with Crippen LogP contribution in [0.3, 0.4) is 0 Å². The van der Waals surface area contributed by atoms with Crippen molar-refractivity contribution in [3.8, 4) is 0 Å². The second-order valence-electron chi connectivity index (χ2n) is 9.23. The van der Waals surface area contributed by atoms with Gasteiger partial charge in [0, 0.05) is 42.6 Å². The molecule has 0 saturated heterocycles. The van der Waals surface area contributed by atoms with Crippen molar-refractivity contribution in [3.63, 3.8) is 0 Å². The van der Waals surface area contributed by atoms with Crippen LogP contribution >= 0.6 is 45.8 Å². The van der Waals surface area contributed by atoms with Crippen LogP contribution in [-0.4, -0.2) is 45.3 Å². The number of esters is 1. The van der Waals surface area contributed by atoms with Gasteiger partial charge in [-0.2, -0.15) is 0 Å². The molecule has 1 amide bonds. The monoisotopic (exact) mass is 707 g/mol. The fourth-order valence-electron chi connectivity index (χ4n) is 4.11. The second kappa shape index (κ2) is 14.5. The summed E-state index contributed by atoms with van der Waals surface area (Å²) in [7, 11) is 0. The van der Waals surface area contributed by atoms with Crippen molar-refractivity contribution >= 4 is 74.7 Å². The number of benzene rings is 1. The summed E-state index contributed by atoms with van der Waals surface area (Å²) >= 11 is 14.2. The summed E-state index contributed by atoms with van der Waals surface area (Å²) < 4.78 is 7.03. The Morgan fingerprint density at radius 2 is 1.73 bits per heavy atom. The first-order chi connectivity index (χ1) is 19.5. The van der Waals surface area contributed by atoms with Crippen LogP contribution in [0.25, 0.3) is 5.57 Å². The molecule has 0 fully saturated rings. The number of halogens is 3. The number of carbonyl (C=O) groups is 3. The highest BCUT2D eigenvalue weighted by Gasteiger charge is 2.48. The van der Waals surface area contributed by atoms with Crippen LogP contribution in [0.4, 0.5) is 5.69 Å². The average molecular weight is 708 g/mol. The number of ether oxygens (including phenoxy) is 1. The van der Waals surface area contributed by atoms with Crippen LogP contribution in [0.15, 0.2) is 71.6 Å². The number of amides is 1. The number of hydrogen-bond acceptors (Lipinski definition) is 8. The Hall–Kier alpha value is -3.35. The molecule has 0 spiro atoms. The zero-order valence-corrected chi connectivity index (χ0v) is 26.3. The quantitative estimate of drug-likeness (QED) is 0.203. The molecule has 0 aliphatic heterocycles. The highest BCUT2D eigenvalue weighted by molar-refractivity contribution is 14.1. The van der Waals surface area contributed by atoms with E-state index in [2.05, 4.69) is 54.8 Å². The van der Waals surface area contributed by atoms with Gasteiger partial charge in [0.2, 0.25) is 0 Å². The van der Waals surface area contributed by atoms with Gasteiger partial charge in [-0.05, 0) is 42.6 Å². The number of allylic oxidation sites excluding steroid dienone is 2. The van der Waals surface area contributed by atoms with E-state index in [0.29, 0.717) is 22.7 Å². The molecule has 1 aliphatic rings. The number of hydrogen-bond donors (Lipinski definition) is 2. The van der Waals surface area contributed by atoms with Gasteiger partial charge in [-0.1, -0.05) is 64.5 Å². The fraction of sp³-hybridized carbons (Fsp3) is 0.241. The maximum atomic E-state index is 12.9. The van der Waals surface area contributed by atoms with Gasteiger partial charge in [0.05, 0.1) is 45.1 Å². The molecular formula is C29H28Cl2IN5O4. The molecule has 41 heavy (non-hydrogen) atoms. The Morgan fingerprint density at radius 1 is 1.10 bits per heavy atom. The number of anilines is 1. The number of nitrogens with one attached hydrogen (secondary N) is 2. The first kappa shape index (κ1) is 32.2. The molecule has 0 unspecified atom stereocenters. The van der Waals surface area contributed by atoms with E-state index in [9.17, 15) is 14.4 Å². The number of rotatable bonds is 9. The third-order valence-electron chi connectivity index (χ3n) is 6.11. The SMILES string of the molecule is C=CI.CCOC(=O)[C@H](Cc1ccc(NC(=O)c2c(Cl)cncc2Cl)cc1)NC1=C(c2cnccn2)C(=O)C1(C)C. The van der Waals surface area contributed by atoms with Crippen molar-refractivity contribution in [2.24, 2.45) is 5.41 Å². The van der Waals surface area contributed by atoms with Gasteiger partial charge in [0.15, 0.2) is 5.78 Å². The van der Waals surface area contributed by atoms with Crippen molar-refractivity contribution in [1.82, 2.24) is 20.3 Å². The minimum atomic E-state index is -0.818. The van der Waals surface area contributed by atoms with Gasteiger partial charge in [-0.15, -0.1) is 0 Å². The summed E-state index contributed by atoms with van der Waals surface area (Å²) in [5, 5.41) is 6.28. The van der Waals surface area contributed by atoms with Crippen molar-refractivity contribution < 1.29 is 19.1 Å². The first-order valence-electron chi connectivity index (χ1n) is 12.4. The maximum Gasteiger partial charge on any atom is 0.328 e. The summed E-state index contributed by atoms with van der Waals surface area (Å²) in [5.74, 6) is -1.01. The van der Waals surface area contributed by atoms with Crippen LogP contribution in [0.5, 0.6) is 0 Å². The van der Waals surface area contributed by atoms with E-state index in [0.717, 1.165) is 5.56 Å². The highest BCUT2D eigenvalue weighted by atomic mass is 127. The van der Waals surface area contributed by atoms with Gasteiger partial charge >= 0.3 is 5.97 Å². The minimum Gasteiger partial charge on any atom is -0.464 e. The molecule has 2 heterocycles. The predicted molar refractivity (Wildman–Crippen MR) is 168 cm³/mol. The van der Waals surface area contributed by atoms with Crippen LogP contribution in [0.1, 0.15) is 42.4 Å². The number of ketones is 1. The molecule has 0 bridgehead atoms. The molecule has 4 rings (SSSR count). The normalized spacial score (nSPS) is 14.1. The van der Waals surface area contributed by atoms with E-state index >= 15 is 0 Å². The van der Waals surface area contributed by atoms with Gasteiger partial charge in [0.25, 0.3) is 5.91 Å². The van der Waals surface area contributed by atoms with Crippen molar-refractivity contribution in [1.29, 1.82) is 0 Å². The molecule has 1 atom stereocenters. The fourth-order valence-corrected chi connectivity index (χ4v) is 4.64. The Bertz CT molecular complexity index is 1440. The van der Waals surface area contributed by atoms with Gasteiger partial charge in [-0.3, -0.25) is 24.5 Å². The van der Waals surface area contributed by atoms with E-state index in [4.69, 9.17) is 27.9 Å². The van der Waals surface area contributed by atoms with Crippen LogP contribution in [0.2, 0.25) is 10.0 Å². The number of aromatic nitrogens is 3. The average Bonchev–Trinajstić information content (AvgIpc) is 2.94. The summed E-state index contributed by atoms with van der Waals surface area (Å²) in [6.07, 6.45) is 7.52. The van der Waals surface area contributed by atoms with Crippen LogP contribution in [0, 0.1) is 5.41 Å². The number of nitrogens with zero attached hydrogens (tertiary/aromatic N) is 3. The molecule has 3 aromatic rings. The zero-order chi connectivity index (χ0) is 30.2. The predicted octanol–water partition coefficient (Wildman–Crippen LogP) is 6.08. The Morgan fingerprint density at radius 3 is 2.29 bits per heavy atom. The van der Waals surface area contributed by atoms with Crippen LogP contribution < -0.4 is 10.6 Å². The molecule has 9 nitrogen and oxygen atoms in total. The molecule has 1 aromatic carbocycles. The lowest BCUT2D eigenvalue weighted by Gasteiger charge is -2.40. The Labute approximate surface area is 262 Å². The Kier molecular flexibility index (Phi) is 11.4. The smallest absolute Gasteiger partial charge is 0.328 e. The molecule has 214 valence electrons. The van der Waals surface area contributed by atoms with E-state index in [-0.39, 0.29) is 34.4 Å². The standard InChI is InChI=1S/C27H25Cl2N5O4.C2H3I/c1-4-38-26(37)19(34-23-22(24(35)27(23,2)3)20-14-30-9-10-32-20)11-15-5-7-16(8-6-15)33-25(36)21-17(28)12-31-13-18(21)29;1-2-3/h5-10,12-14,19,34H,4,11H2,1-3H3,(H,33,36);2H,1H2/t19-;/m0./s1. The lowest BCUT2D eigenvalue weighted by molar-refractivity contribution is -0.145. The summed E-state index contributed by atoms with van der Waals surface area (Å²) in [6, 6.07) is 6.22. The van der Waals surface area contributed by atoms with Gasteiger partial charge in [-0.25, -0.2) is 4.79 Å².